The van der Waals surface area contributed by atoms with E-state index in [4.69, 9.17) is 0 Å². The molecule has 1 atom stereocenters. The van der Waals surface area contributed by atoms with Gasteiger partial charge in [0.1, 0.15) is 0 Å². The smallest absolute Gasteiger partial charge is 0.00191 e. The minimum Gasteiger partial charge on any atom is -0.316 e. The zero-order chi connectivity index (χ0) is 12.3. The molecule has 2 nitrogen and oxygen atoms in total. The Morgan fingerprint density at radius 1 is 1.06 bits per heavy atom. The predicted octanol–water partition coefficient (Wildman–Crippen LogP) is 3.28. The van der Waals surface area contributed by atoms with E-state index in [-0.39, 0.29) is 0 Å². The average Bonchev–Trinajstić information content (AvgIpc) is 2.35. The third-order valence-corrected chi connectivity index (χ3v) is 3.72. The zero-order valence-corrected chi connectivity index (χ0v) is 12.0. The van der Waals surface area contributed by atoms with Gasteiger partial charge in [0.05, 0.1) is 0 Å². The molecule has 0 saturated carbocycles. The molecule has 1 aliphatic rings. The number of piperidine rings is 1. The zero-order valence-electron chi connectivity index (χ0n) is 12.0. The van der Waals surface area contributed by atoms with Crippen molar-refractivity contribution in [3.63, 3.8) is 0 Å². The highest BCUT2D eigenvalue weighted by Gasteiger charge is 2.12. The van der Waals surface area contributed by atoms with Crippen LogP contribution in [-0.2, 0) is 0 Å². The highest BCUT2D eigenvalue weighted by molar-refractivity contribution is 4.68. The van der Waals surface area contributed by atoms with Crippen molar-refractivity contribution in [2.24, 2.45) is 5.92 Å². The Morgan fingerprint density at radius 2 is 1.82 bits per heavy atom. The van der Waals surface area contributed by atoms with Crippen LogP contribution in [0, 0.1) is 5.92 Å². The molecule has 0 spiro atoms. The lowest BCUT2D eigenvalue weighted by atomic mass is 10.1. The van der Waals surface area contributed by atoms with Crippen LogP contribution in [-0.4, -0.2) is 37.6 Å². The van der Waals surface area contributed by atoms with Crippen LogP contribution >= 0.6 is 0 Å². The first-order valence-electron chi connectivity index (χ1n) is 7.76. The van der Waals surface area contributed by atoms with Gasteiger partial charge >= 0.3 is 0 Å². The third-order valence-electron chi connectivity index (χ3n) is 3.72. The lowest BCUT2D eigenvalue weighted by molar-refractivity contribution is 0.199. The van der Waals surface area contributed by atoms with Crippen molar-refractivity contribution in [2.45, 2.75) is 58.8 Å². The summed E-state index contributed by atoms with van der Waals surface area (Å²) >= 11 is 0. The first kappa shape index (κ1) is 15.0. The molecule has 0 aromatic rings. The van der Waals surface area contributed by atoms with Crippen molar-refractivity contribution in [1.29, 1.82) is 0 Å². The molecule has 17 heavy (non-hydrogen) atoms. The van der Waals surface area contributed by atoms with Gasteiger partial charge in [0.15, 0.2) is 0 Å². The second-order valence-electron chi connectivity index (χ2n) is 5.73. The SMILES string of the molecule is CCCCCCNCC(C)CN1CCCCC1. The monoisotopic (exact) mass is 240 g/mol. The molecule has 1 rings (SSSR count). The molecule has 0 amide bonds. The molecule has 0 aromatic heterocycles. The number of likely N-dealkylation sites (tertiary alicyclic amines) is 1. The van der Waals surface area contributed by atoms with Gasteiger partial charge in [0, 0.05) is 6.54 Å². The van der Waals surface area contributed by atoms with Crippen molar-refractivity contribution in [1.82, 2.24) is 10.2 Å². The Morgan fingerprint density at radius 3 is 2.53 bits per heavy atom. The summed E-state index contributed by atoms with van der Waals surface area (Å²) in [7, 11) is 0. The summed E-state index contributed by atoms with van der Waals surface area (Å²) in [5.74, 6) is 0.805. The third kappa shape index (κ3) is 7.77. The van der Waals surface area contributed by atoms with Gasteiger partial charge in [-0.3, -0.25) is 0 Å². The highest BCUT2D eigenvalue weighted by atomic mass is 15.1. The molecule has 102 valence electrons. The Hall–Kier alpha value is -0.0800. The molecule has 1 fully saturated rings. The highest BCUT2D eigenvalue weighted by Crippen LogP contribution is 2.10. The van der Waals surface area contributed by atoms with Gasteiger partial charge in [-0.1, -0.05) is 39.5 Å². The fourth-order valence-corrected chi connectivity index (χ4v) is 2.67. The summed E-state index contributed by atoms with van der Waals surface area (Å²) in [6.45, 7) is 11.0. The predicted molar refractivity (Wildman–Crippen MR) is 76.5 cm³/mol. The van der Waals surface area contributed by atoms with E-state index in [1.165, 1.54) is 77.7 Å². The largest absolute Gasteiger partial charge is 0.316 e. The maximum absolute atomic E-state index is 3.61. The van der Waals surface area contributed by atoms with E-state index in [1.807, 2.05) is 0 Å². The maximum Gasteiger partial charge on any atom is 0.00191 e. The summed E-state index contributed by atoms with van der Waals surface area (Å²) in [4.78, 5) is 2.65. The van der Waals surface area contributed by atoms with E-state index in [0.29, 0.717) is 0 Å². The summed E-state index contributed by atoms with van der Waals surface area (Å²) in [6.07, 6.45) is 9.75. The van der Waals surface area contributed by atoms with E-state index < -0.39 is 0 Å². The molecule has 0 radical (unpaired) electrons. The molecule has 2 heteroatoms. The van der Waals surface area contributed by atoms with E-state index in [0.717, 1.165) is 5.92 Å². The van der Waals surface area contributed by atoms with E-state index in [1.54, 1.807) is 0 Å². The van der Waals surface area contributed by atoms with Crippen LogP contribution < -0.4 is 5.32 Å². The Bertz CT molecular complexity index is 164. The number of rotatable bonds is 9. The number of nitrogens with zero attached hydrogens (tertiary/aromatic N) is 1. The molecule has 1 aliphatic heterocycles. The van der Waals surface area contributed by atoms with Gasteiger partial charge < -0.3 is 10.2 Å². The molecule has 1 N–H and O–H groups in total. The van der Waals surface area contributed by atoms with Gasteiger partial charge in [-0.15, -0.1) is 0 Å². The van der Waals surface area contributed by atoms with Crippen molar-refractivity contribution in [2.75, 3.05) is 32.7 Å². The first-order chi connectivity index (χ1) is 8.33. The first-order valence-corrected chi connectivity index (χ1v) is 7.76. The van der Waals surface area contributed by atoms with Crippen LogP contribution in [0.15, 0.2) is 0 Å². The second kappa shape index (κ2) is 9.90. The maximum atomic E-state index is 3.61. The molecule has 0 bridgehead atoms. The average molecular weight is 240 g/mol. The molecule has 1 unspecified atom stereocenters. The number of hydrogen-bond acceptors (Lipinski definition) is 2. The summed E-state index contributed by atoms with van der Waals surface area (Å²) in [6, 6.07) is 0. The minimum absolute atomic E-state index is 0.805. The van der Waals surface area contributed by atoms with Gasteiger partial charge in [-0.2, -0.15) is 0 Å². The Labute approximate surface area is 108 Å². The summed E-state index contributed by atoms with van der Waals surface area (Å²) in [5, 5.41) is 3.61. The van der Waals surface area contributed by atoms with E-state index >= 15 is 0 Å². The molecular formula is C15H32N2. The quantitative estimate of drug-likeness (QED) is 0.622. The lowest BCUT2D eigenvalue weighted by Crippen LogP contribution is -2.36. The van der Waals surface area contributed by atoms with Gasteiger partial charge in [0.25, 0.3) is 0 Å². The second-order valence-corrected chi connectivity index (χ2v) is 5.73. The Kier molecular flexibility index (Phi) is 8.72. The minimum atomic E-state index is 0.805. The topological polar surface area (TPSA) is 15.3 Å². The number of unbranched alkanes of at least 4 members (excludes halogenated alkanes) is 3. The summed E-state index contributed by atoms with van der Waals surface area (Å²) < 4.78 is 0. The number of hydrogen-bond donors (Lipinski definition) is 1. The molecular weight excluding hydrogens is 208 g/mol. The standard InChI is InChI=1S/C15H32N2/c1-3-4-5-7-10-16-13-15(2)14-17-11-8-6-9-12-17/h15-16H,3-14H2,1-2H3. The van der Waals surface area contributed by atoms with Crippen molar-refractivity contribution in [3.8, 4) is 0 Å². The van der Waals surface area contributed by atoms with Crippen LogP contribution in [0.3, 0.4) is 0 Å². The number of nitrogens with one attached hydrogen (secondary N) is 1. The van der Waals surface area contributed by atoms with Crippen molar-refractivity contribution < 1.29 is 0 Å². The molecule has 0 aromatic carbocycles. The van der Waals surface area contributed by atoms with Gasteiger partial charge in [0.2, 0.25) is 0 Å². The van der Waals surface area contributed by atoms with Crippen molar-refractivity contribution >= 4 is 0 Å². The van der Waals surface area contributed by atoms with Gasteiger partial charge in [-0.25, -0.2) is 0 Å². The van der Waals surface area contributed by atoms with E-state index in [2.05, 4.69) is 24.1 Å². The molecule has 1 saturated heterocycles. The van der Waals surface area contributed by atoms with Crippen LogP contribution in [0.25, 0.3) is 0 Å². The molecule has 1 heterocycles. The van der Waals surface area contributed by atoms with Crippen LogP contribution in [0.5, 0.6) is 0 Å². The molecule has 0 aliphatic carbocycles. The Balaban J connectivity index is 1.91. The van der Waals surface area contributed by atoms with Crippen LogP contribution in [0.1, 0.15) is 58.8 Å². The van der Waals surface area contributed by atoms with E-state index in [9.17, 15) is 0 Å². The van der Waals surface area contributed by atoms with Crippen molar-refractivity contribution in [3.05, 3.63) is 0 Å². The normalized spacial score (nSPS) is 19.4. The van der Waals surface area contributed by atoms with Crippen LogP contribution in [0.4, 0.5) is 0 Å². The summed E-state index contributed by atoms with van der Waals surface area (Å²) in [5.41, 5.74) is 0. The van der Waals surface area contributed by atoms with Crippen LogP contribution in [0.2, 0.25) is 0 Å². The fraction of sp³-hybridized carbons (Fsp3) is 1.00. The fourth-order valence-electron chi connectivity index (χ4n) is 2.67. The lowest BCUT2D eigenvalue weighted by Gasteiger charge is -2.29. The van der Waals surface area contributed by atoms with Gasteiger partial charge in [-0.05, 0) is 51.4 Å².